The van der Waals surface area contributed by atoms with Crippen LogP contribution in [0.2, 0.25) is 0 Å². The summed E-state index contributed by atoms with van der Waals surface area (Å²) in [6, 6.07) is 7.81. The van der Waals surface area contributed by atoms with Crippen LogP contribution in [0.3, 0.4) is 0 Å². The van der Waals surface area contributed by atoms with E-state index in [4.69, 9.17) is 10.5 Å². The number of benzene rings is 1. The molecule has 0 amide bonds. The van der Waals surface area contributed by atoms with Gasteiger partial charge in [-0.25, -0.2) is 4.98 Å². The quantitative estimate of drug-likeness (QED) is 0.904. The molecule has 4 heteroatoms. The van der Waals surface area contributed by atoms with E-state index in [9.17, 15) is 0 Å². The molecule has 1 heterocycles. The number of hydrogen-bond acceptors (Lipinski definition) is 4. The summed E-state index contributed by atoms with van der Waals surface area (Å²) in [5.41, 5.74) is 7.88. The molecular weight excluding hydrogens is 232 g/mol. The number of nitrogens with zero attached hydrogens (tertiary/aromatic N) is 1. The number of nitrogens with two attached hydrogens (primary N) is 1. The lowest BCUT2D eigenvalue weighted by atomic mass is 10.1. The van der Waals surface area contributed by atoms with Crippen molar-refractivity contribution >= 4 is 16.3 Å². The second kappa shape index (κ2) is 4.75. The lowest BCUT2D eigenvalue weighted by molar-refractivity contribution is 0.415. The molecule has 0 aliphatic heterocycles. The van der Waals surface area contributed by atoms with Crippen molar-refractivity contribution in [2.75, 3.05) is 12.8 Å². The fourth-order valence-electron chi connectivity index (χ4n) is 1.57. The summed E-state index contributed by atoms with van der Waals surface area (Å²) in [7, 11) is 1.66. The number of aromatic nitrogens is 1. The average molecular weight is 248 g/mol. The van der Waals surface area contributed by atoms with Crippen LogP contribution in [0.4, 0.5) is 5.00 Å². The van der Waals surface area contributed by atoms with Gasteiger partial charge >= 0.3 is 0 Å². The molecule has 0 atom stereocenters. The number of anilines is 1. The SMILES string of the molecule is COc1cccc(-c2nc(C(C)C)sc2N)c1. The minimum Gasteiger partial charge on any atom is -0.497 e. The molecule has 0 saturated heterocycles. The smallest absolute Gasteiger partial charge is 0.119 e. The molecule has 1 aromatic carbocycles. The van der Waals surface area contributed by atoms with Crippen molar-refractivity contribution in [2.45, 2.75) is 19.8 Å². The van der Waals surface area contributed by atoms with Gasteiger partial charge in [0.1, 0.15) is 16.4 Å². The Morgan fingerprint density at radius 3 is 2.71 bits per heavy atom. The first-order valence-corrected chi connectivity index (χ1v) is 6.34. The third-order valence-corrected chi connectivity index (χ3v) is 3.69. The number of methoxy groups -OCH3 is 1. The number of nitrogen functional groups attached to an aromatic ring is 1. The Bertz CT molecular complexity index is 520. The highest BCUT2D eigenvalue weighted by atomic mass is 32.1. The van der Waals surface area contributed by atoms with E-state index in [1.54, 1.807) is 18.4 Å². The van der Waals surface area contributed by atoms with Gasteiger partial charge in [-0.1, -0.05) is 26.0 Å². The van der Waals surface area contributed by atoms with E-state index in [2.05, 4.69) is 18.8 Å². The zero-order chi connectivity index (χ0) is 12.4. The average Bonchev–Trinajstić information content (AvgIpc) is 2.72. The topological polar surface area (TPSA) is 48.1 Å². The van der Waals surface area contributed by atoms with Crippen LogP contribution in [-0.4, -0.2) is 12.1 Å². The van der Waals surface area contributed by atoms with Crippen molar-refractivity contribution in [3.8, 4) is 17.0 Å². The minimum atomic E-state index is 0.404. The van der Waals surface area contributed by atoms with Gasteiger partial charge in [0.25, 0.3) is 0 Å². The molecular formula is C13H16N2OS. The number of hydrogen-bond donors (Lipinski definition) is 1. The van der Waals surface area contributed by atoms with Gasteiger partial charge in [-0.2, -0.15) is 0 Å². The summed E-state index contributed by atoms with van der Waals surface area (Å²) in [6.07, 6.45) is 0. The zero-order valence-electron chi connectivity index (χ0n) is 10.2. The molecule has 2 aromatic rings. The molecule has 0 fully saturated rings. The summed E-state index contributed by atoms with van der Waals surface area (Å²) in [5.74, 6) is 1.22. The molecule has 3 nitrogen and oxygen atoms in total. The molecule has 2 rings (SSSR count). The van der Waals surface area contributed by atoms with E-state index >= 15 is 0 Å². The Labute approximate surface area is 105 Å². The molecule has 2 N–H and O–H groups in total. The monoisotopic (exact) mass is 248 g/mol. The molecule has 0 aliphatic carbocycles. The van der Waals surface area contributed by atoms with E-state index in [1.807, 2.05) is 24.3 Å². The Kier molecular flexibility index (Phi) is 3.33. The zero-order valence-corrected chi connectivity index (χ0v) is 11.0. The molecule has 0 bridgehead atoms. The molecule has 1 aromatic heterocycles. The number of ether oxygens (including phenoxy) is 1. The highest BCUT2D eigenvalue weighted by Crippen LogP contribution is 2.34. The van der Waals surface area contributed by atoms with Crippen LogP contribution in [0, 0.1) is 0 Å². The second-order valence-electron chi connectivity index (χ2n) is 4.15. The van der Waals surface area contributed by atoms with Crippen molar-refractivity contribution in [1.29, 1.82) is 0 Å². The van der Waals surface area contributed by atoms with Crippen LogP contribution in [0.1, 0.15) is 24.8 Å². The highest BCUT2D eigenvalue weighted by molar-refractivity contribution is 7.16. The molecule has 0 radical (unpaired) electrons. The Balaban J connectivity index is 2.45. The fraction of sp³-hybridized carbons (Fsp3) is 0.308. The van der Waals surface area contributed by atoms with Gasteiger partial charge in [0, 0.05) is 11.5 Å². The summed E-state index contributed by atoms with van der Waals surface area (Å²) in [5, 5.41) is 1.84. The first-order chi connectivity index (χ1) is 8.11. The Hall–Kier alpha value is -1.55. The third-order valence-electron chi connectivity index (χ3n) is 2.51. The number of rotatable bonds is 3. The van der Waals surface area contributed by atoms with Crippen LogP contribution in [0.15, 0.2) is 24.3 Å². The minimum absolute atomic E-state index is 0.404. The molecule has 17 heavy (non-hydrogen) atoms. The predicted octanol–water partition coefficient (Wildman–Crippen LogP) is 3.52. The molecule has 0 spiro atoms. The fourth-order valence-corrected chi connectivity index (χ4v) is 2.43. The maximum absolute atomic E-state index is 6.02. The highest BCUT2D eigenvalue weighted by Gasteiger charge is 2.13. The lowest BCUT2D eigenvalue weighted by Gasteiger charge is -2.02. The van der Waals surface area contributed by atoms with Crippen molar-refractivity contribution in [1.82, 2.24) is 4.98 Å². The van der Waals surface area contributed by atoms with Crippen LogP contribution < -0.4 is 10.5 Å². The molecule has 0 aliphatic rings. The number of thiazole rings is 1. The van der Waals surface area contributed by atoms with Crippen LogP contribution in [-0.2, 0) is 0 Å². The lowest BCUT2D eigenvalue weighted by Crippen LogP contribution is -1.89. The van der Waals surface area contributed by atoms with E-state index in [1.165, 1.54) is 0 Å². The normalized spacial score (nSPS) is 10.8. The van der Waals surface area contributed by atoms with Gasteiger partial charge in [0.15, 0.2) is 0 Å². The summed E-state index contributed by atoms with van der Waals surface area (Å²) in [4.78, 5) is 4.59. The second-order valence-corrected chi connectivity index (χ2v) is 5.21. The maximum atomic E-state index is 6.02. The molecule has 90 valence electrons. The van der Waals surface area contributed by atoms with Gasteiger partial charge in [0.05, 0.1) is 12.1 Å². The van der Waals surface area contributed by atoms with E-state index in [0.717, 1.165) is 27.0 Å². The Morgan fingerprint density at radius 1 is 1.35 bits per heavy atom. The third kappa shape index (κ3) is 2.42. The van der Waals surface area contributed by atoms with Crippen LogP contribution in [0.25, 0.3) is 11.3 Å². The first-order valence-electron chi connectivity index (χ1n) is 5.52. The van der Waals surface area contributed by atoms with Crippen molar-refractivity contribution in [2.24, 2.45) is 0 Å². The summed E-state index contributed by atoms with van der Waals surface area (Å²) < 4.78 is 5.21. The standard InChI is InChI=1S/C13H16N2OS/c1-8(2)13-15-11(12(14)17-13)9-5-4-6-10(7-9)16-3/h4-8H,14H2,1-3H3. The largest absolute Gasteiger partial charge is 0.497 e. The van der Waals surface area contributed by atoms with Crippen molar-refractivity contribution < 1.29 is 4.74 Å². The van der Waals surface area contributed by atoms with Gasteiger partial charge in [0.2, 0.25) is 0 Å². The van der Waals surface area contributed by atoms with E-state index in [-0.39, 0.29) is 0 Å². The van der Waals surface area contributed by atoms with Crippen LogP contribution >= 0.6 is 11.3 Å². The summed E-state index contributed by atoms with van der Waals surface area (Å²) in [6.45, 7) is 4.24. The van der Waals surface area contributed by atoms with E-state index in [0.29, 0.717) is 5.92 Å². The van der Waals surface area contributed by atoms with Gasteiger partial charge in [-0.05, 0) is 12.1 Å². The van der Waals surface area contributed by atoms with Gasteiger partial charge in [-0.3, -0.25) is 0 Å². The summed E-state index contributed by atoms with van der Waals surface area (Å²) >= 11 is 1.56. The van der Waals surface area contributed by atoms with Crippen LogP contribution in [0.5, 0.6) is 5.75 Å². The van der Waals surface area contributed by atoms with Crippen molar-refractivity contribution in [3.05, 3.63) is 29.3 Å². The Morgan fingerprint density at radius 2 is 2.12 bits per heavy atom. The van der Waals surface area contributed by atoms with E-state index < -0.39 is 0 Å². The molecule has 0 saturated carbocycles. The van der Waals surface area contributed by atoms with Gasteiger partial charge < -0.3 is 10.5 Å². The predicted molar refractivity (Wildman–Crippen MR) is 72.6 cm³/mol. The first kappa shape index (κ1) is 11.9. The maximum Gasteiger partial charge on any atom is 0.119 e. The van der Waals surface area contributed by atoms with Gasteiger partial charge in [-0.15, -0.1) is 11.3 Å². The molecule has 0 unspecified atom stereocenters. The van der Waals surface area contributed by atoms with Crippen molar-refractivity contribution in [3.63, 3.8) is 0 Å².